The van der Waals surface area contributed by atoms with Crippen molar-refractivity contribution in [3.8, 4) is 6.07 Å². The van der Waals surface area contributed by atoms with Gasteiger partial charge in [-0.25, -0.2) is 8.78 Å². The van der Waals surface area contributed by atoms with E-state index in [4.69, 9.17) is 0 Å². The summed E-state index contributed by atoms with van der Waals surface area (Å²) in [5, 5.41) is 27.3. The molecule has 1 saturated heterocycles. The quantitative estimate of drug-likeness (QED) is 0.528. The molecule has 2 N–H and O–H groups in total. The van der Waals surface area contributed by atoms with Crippen LogP contribution in [0.1, 0.15) is 47.3 Å². The minimum atomic E-state index is -0.997. The standard InChI is InChI=1S/C25H25F2N7O/c26-18-7-8-21-17(12-18)4-3-16-5-6-19(27)13-22(16)25(21,24-30-32-33-31-24)9-10-29-15-23(35)34-11-1-2-20(34)14-28/h5-8,12-13,20,29H,1-4,9-11,15H2,(H,30,31,32,33). The molecule has 35 heavy (non-hydrogen) atoms. The number of hydrogen-bond acceptors (Lipinski definition) is 6. The van der Waals surface area contributed by atoms with E-state index < -0.39 is 5.41 Å². The van der Waals surface area contributed by atoms with Crippen LogP contribution in [-0.4, -0.2) is 57.1 Å². The molecule has 1 fully saturated rings. The highest BCUT2D eigenvalue weighted by molar-refractivity contribution is 5.79. The Morgan fingerprint density at radius 2 is 1.97 bits per heavy atom. The molecule has 2 unspecified atom stereocenters. The van der Waals surface area contributed by atoms with Gasteiger partial charge in [0.2, 0.25) is 5.91 Å². The van der Waals surface area contributed by atoms with Crippen LogP contribution in [-0.2, 0) is 23.1 Å². The Bertz CT molecular complexity index is 1270. The van der Waals surface area contributed by atoms with Crippen molar-refractivity contribution in [1.82, 2.24) is 30.8 Å². The monoisotopic (exact) mass is 477 g/mol. The Balaban J connectivity index is 1.50. The summed E-state index contributed by atoms with van der Waals surface area (Å²) in [4.78, 5) is 14.3. The Hall–Kier alpha value is -3.71. The average Bonchev–Trinajstić information content (AvgIpc) is 3.54. The topological polar surface area (TPSA) is 111 Å². The van der Waals surface area contributed by atoms with E-state index in [0.29, 0.717) is 50.2 Å². The van der Waals surface area contributed by atoms with Gasteiger partial charge in [-0.3, -0.25) is 4.79 Å². The highest BCUT2D eigenvalue weighted by Crippen LogP contribution is 2.45. The van der Waals surface area contributed by atoms with Crippen molar-refractivity contribution in [2.45, 2.75) is 43.6 Å². The van der Waals surface area contributed by atoms with Crippen molar-refractivity contribution in [3.05, 3.63) is 76.1 Å². The molecule has 1 amide bonds. The third-order valence-corrected chi connectivity index (χ3v) is 7.12. The lowest BCUT2D eigenvalue weighted by Gasteiger charge is -2.34. The van der Waals surface area contributed by atoms with Gasteiger partial charge < -0.3 is 10.2 Å². The van der Waals surface area contributed by atoms with Crippen LogP contribution in [0.2, 0.25) is 0 Å². The SMILES string of the molecule is N#CC1CCCN1C(=O)CNCCC1(c2nn[nH]n2)c2ccc(F)cc2CCc2ccc(F)cc21. The molecule has 2 atom stereocenters. The molecule has 2 aromatic carbocycles. The number of fused-ring (bicyclic) bond motifs is 2. The van der Waals surface area contributed by atoms with Gasteiger partial charge in [-0.2, -0.15) is 10.5 Å². The Labute approximate surface area is 201 Å². The number of nitrogens with zero attached hydrogens (tertiary/aromatic N) is 5. The van der Waals surface area contributed by atoms with E-state index in [-0.39, 0.29) is 30.1 Å². The van der Waals surface area contributed by atoms with Gasteiger partial charge in [-0.1, -0.05) is 17.3 Å². The number of rotatable bonds is 6. The van der Waals surface area contributed by atoms with Crippen LogP contribution in [0.25, 0.3) is 0 Å². The summed E-state index contributed by atoms with van der Waals surface area (Å²) >= 11 is 0. The van der Waals surface area contributed by atoms with Gasteiger partial charge in [0.1, 0.15) is 17.7 Å². The third kappa shape index (κ3) is 4.17. The lowest BCUT2D eigenvalue weighted by molar-refractivity contribution is -0.130. The van der Waals surface area contributed by atoms with Gasteiger partial charge in [-0.05, 0) is 85.2 Å². The van der Waals surface area contributed by atoms with Crippen molar-refractivity contribution in [2.75, 3.05) is 19.6 Å². The van der Waals surface area contributed by atoms with Gasteiger partial charge in [0.15, 0.2) is 5.82 Å². The summed E-state index contributed by atoms with van der Waals surface area (Å²) in [5.74, 6) is -0.500. The third-order valence-electron chi connectivity index (χ3n) is 7.12. The minimum absolute atomic E-state index is 0.0762. The largest absolute Gasteiger partial charge is 0.326 e. The first kappa shape index (κ1) is 23.1. The number of nitrogens with one attached hydrogen (secondary N) is 2. The second kappa shape index (κ2) is 9.50. The number of aromatic amines is 1. The molecule has 2 aliphatic rings. The molecule has 1 aromatic heterocycles. The maximum atomic E-state index is 14.6. The zero-order valence-corrected chi connectivity index (χ0v) is 19.1. The van der Waals surface area contributed by atoms with E-state index in [1.54, 1.807) is 17.0 Å². The van der Waals surface area contributed by atoms with Gasteiger partial charge in [0.25, 0.3) is 0 Å². The molecule has 0 bridgehead atoms. The average molecular weight is 478 g/mol. The van der Waals surface area contributed by atoms with E-state index in [2.05, 4.69) is 32.0 Å². The number of tetrazole rings is 1. The minimum Gasteiger partial charge on any atom is -0.326 e. The molecular formula is C25H25F2N7O. The number of benzene rings is 2. The molecule has 1 aliphatic heterocycles. The Morgan fingerprint density at radius 1 is 1.17 bits per heavy atom. The number of halogens is 2. The van der Waals surface area contributed by atoms with Crippen LogP contribution < -0.4 is 5.32 Å². The number of nitriles is 1. The fourth-order valence-electron chi connectivity index (χ4n) is 5.50. The van der Waals surface area contributed by atoms with Crippen LogP contribution in [0.4, 0.5) is 8.78 Å². The Kier molecular flexibility index (Phi) is 6.26. The fraction of sp³-hybridized carbons (Fsp3) is 0.400. The molecule has 8 nitrogen and oxygen atoms in total. The van der Waals surface area contributed by atoms with Crippen molar-refractivity contribution in [3.63, 3.8) is 0 Å². The highest BCUT2D eigenvalue weighted by atomic mass is 19.1. The Morgan fingerprint density at radius 3 is 2.77 bits per heavy atom. The smallest absolute Gasteiger partial charge is 0.237 e. The first-order valence-electron chi connectivity index (χ1n) is 11.7. The summed E-state index contributed by atoms with van der Waals surface area (Å²) in [6.07, 6.45) is 3.10. The molecule has 0 spiro atoms. The van der Waals surface area contributed by atoms with Crippen molar-refractivity contribution < 1.29 is 13.6 Å². The first-order chi connectivity index (χ1) is 17.0. The van der Waals surface area contributed by atoms with Gasteiger partial charge in [0.05, 0.1) is 18.0 Å². The molecule has 5 rings (SSSR count). The zero-order valence-electron chi connectivity index (χ0n) is 19.1. The predicted molar refractivity (Wildman–Crippen MR) is 122 cm³/mol. The zero-order chi connectivity index (χ0) is 24.4. The van der Waals surface area contributed by atoms with Crippen molar-refractivity contribution >= 4 is 5.91 Å². The number of hydrogen-bond donors (Lipinski definition) is 2. The van der Waals surface area contributed by atoms with Crippen molar-refractivity contribution in [1.29, 1.82) is 5.26 Å². The van der Waals surface area contributed by atoms with E-state index in [1.807, 2.05) is 0 Å². The molecule has 0 radical (unpaired) electrons. The fourth-order valence-corrected chi connectivity index (χ4v) is 5.50. The number of carbonyl (C=O) groups is 1. The number of carbonyl (C=O) groups excluding carboxylic acids is 1. The number of likely N-dealkylation sites (tertiary alicyclic amines) is 1. The van der Waals surface area contributed by atoms with E-state index in [1.165, 1.54) is 24.3 Å². The predicted octanol–water partition coefficient (Wildman–Crippen LogP) is 2.41. The second-order valence-electron chi connectivity index (χ2n) is 9.04. The van der Waals surface area contributed by atoms with Gasteiger partial charge in [-0.15, -0.1) is 10.2 Å². The van der Waals surface area contributed by atoms with E-state index in [0.717, 1.165) is 23.1 Å². The number of aromatic nitrogens is 4. The maximum Gasteiger partial charge on any atom is 0.237 e. The molecule has 2 heterocycles. The van der Waals surface area contributed by atoms with Crippen molar-refractivity contribution in [2.24, 2.45) is 0 Å². The van der Waals surface area contributed by atoms with Gasteiger partial charge >= 0.3 is 0 Å². The van der Waals surface area contributed by atoms with Crippen LogP contribution in [0.3, 0.4) is 0 Å². The first-order valence-corrected chi connectivity index (χ1v) is 11.7. The van der Waals surface area contributed by atoms with Gasteiger partial charge in [0, 0.05) is 6.54 Å². The highest BCUT2D eigenvalue weighted by Gasteiger charge is 2.44. The summed E-state index contributed by atoms with van der Waals surface area (Å²) in [5.41, 5.74) is 2.24. The van der Waals surface area contributed by atoms with E-state index >= 15 is 0 Å². The van der Waals surface area contributed by atoms with Crippen LogP contribution >= 0.6 is 0 Å². The maximum absolute atomic E-state index is 14.6. The molecular weight excluding hydrogens is 452 g/mol. The normalized spacial score (nSPS) is 21.2. The second-order valence-corrected chi connectivity index (χ2v) is 9.04. The summed E-state index contributed by atoms with van der Waals surface area (Å²) in [6, 6.07) is 11.1. The lowest BCUT2D eigenvalue weighted by atomic mass is 9.69. The summed E-state index contributed by atoms with van der Waals surface area (Å²) < 4.78 is 28.8. The number of H-pyrrole nitrogens is 1. The number of amides is 1. The van der Waals surface area contributed by atoms with Crippen LogP contribution in [0.15, 0.2) is 36.4 Å². The van der Waals surface area contributed by atoms with E-state index in [9.17, 15) is 18.8 Å². The molecule has 180 valence electrons. The molecule has 10 heteroatoms. The summed E-state index contributed by atoms with van der Waals surface area (Å²) in [7, 11) is 0. The number of aryl methyl sites for hydroxylation is 2. The molecule has 0 saturated carbocycles. The van der Waals surface area contributed by atoms with Crippen LogP contribution in [0.5, 0.6) is 0 Å². The molecule has 1 aliphatic carbocycles. The lowest BCUT2D eigenvalue weighted by Crippen LogP contribution is -2.42. The molecule has 3 aromatic rings. The summed E-state index contributed by atoms with van der Waals surface area (Å²) in [6.45, 7) is 1.03. The van der Waals surface area contributed by atoms with Crippen LogP contribution in [0, 0.1) is 23.0 Å².